The van der Waals surface area contributed by atoms with E-state index in [1.165, 1.54) is 13.8 Å². The third kappa shape index (κ3) is 13.0. The van der Waals surface area contributed by atoms with Crippen LogP contribution >= 0.6 is 0 Å². The number of esters is 1. The summed E-state index contributed by atoms with van der Waals surface area (Å²) >= 11 is 0. The topological polar surface area (TPSA) is 204 Å². The van der Waals surface area contributed by atoms with E-state index < -0.39 is 102 Å². The van der Waals surface area contributed by atoms with E-state index in [1.807, 2.05) is 72.5 Å². The Morgan fingerprint density at radius 2 is 1.64 bits per heavy atom. The molecule has 0 amide bonds. The number of carbonyl (C=O) groups excluding carboxylic acids is 1. The molecular weight excluding hydrogens is 766 g/mol. The van der Waals surface area contributed by atoms with Crippen LogP contribution in [-0.2, 0) is 42.7 Å². The van der Waals surface area contributed by atoms with Crippen molar-refractivity contribution in [2.24, 2.45) is 23.5 Å². The molecule has 3 aliphatic rings. The molecule has 348 valence electrons. The largest absolute Gasteiger partial charge is 0.459 e. The molecule has 0 aromatic carbocycles. The fraction of sp³-hybridized carbons (Fsp3) is 0.977. The van der Waals surface area contributed by atoms with Gasteiger partial charge in [-0.3, -0.25) is 4.79 Å². The van der Waals surface area contributed by atoms with Gasteiger partial charge in [-0.1, -0.05) is 20.8 Å². The normalized spacial score (nSPS) is 45.7. The number of likely N-dealkylation sites (N-methyl/N-ethyl adjacent to an activating group) is 2. The molecule has 16 nitrogen and oxygen atoms in total. The van der Waals surface area contributed by atoms with Gasteiger partial charge in [0.25, 0.3) is 0 Å². The van der Waals surface area contributed by atoms with Crippen molar-refractivity contribution in [1.82, 2.24) is 9.80 Å². The minimum Gasteiger partial charge on any atom is -0.459 e. The molecule has 0 radical (unpaired) electrons. The van der Waals surface area contributed by atoms with Gasteiger partial charge in [0.15, 0.2) is 18.9 Å². The molecule has 0 aromatic rings. The predicted molar refractivity (Wildman–Crippen MR) is 222 cm³/mol. The van der Waals surface area contributed by atoms with Crippen molar-refractivity contribution in [3.63, 3.8) is 0 Å². The number of aliphatic hydroxyl groups excluding tert-OH is 2. The van der Waals surface area contributed by atoms with Gasteiger partial charge in [-0.2, -0.15) is 0 Å². The van der Waals surface area contributed by atoms with Crippen LogP contribution in [0.1, 0.15) is 108 Å². The SMILES string of the molecule is CC[C@H]1OC(=O)[C@H](C)[C@@H](O[C@H]2C[C@@](C)(OC)[C@@H](OCCCN)[C@H](C)O2)[C@H](C)[C@@H](O[C@@H]2O[C@H](C)C[C@H](N(C)C)[C@H]2O[C@@H](C)O)[C@](C)(O)C[C@@H](C)CN(C)[C@H](C)[C@@H](O)[C@]1(C)O. The number of ether oxygens (including phenoxy) is 8. The van der Waals surface area contributed by atoms with Crippen LogP contribution in [0, 0.1) is 17.8 Å². The van der Waals surface area contributed by atoms with Crippen LogP contribution in [0.15, 0.2) is 0 Å². The van der Waals surface area contributed by atoms with E-state index >= 15 is 0 Å². The van der Waals surface area contributed by atoms with Crippen molar-refractivity contribution in [3.05, 3.63) is 0 Å². The van der Waals surface area contributed by atoms with Gasteiger partial charge in [0, 0.05) is 44.7 Å². The summed E-state index contributed by atoms with van der Waals surface area (Å²) in [4.78, 5) is 18.4. The molecule has 3 fully saturated rings. The number of hydrogen-bond acceptors (Lipinski definition) is 16. The Kier molecular flexibility index (Phi) is 19.5. The number of nitrogens with zero attached hydrogens (tertiary/aromatic N) is 2. The Bertz CT molecular complexity index is 1280. The van der Waals surface area contributed by atoms with Crippen LogP contribution < -0.4 is 5.73 Å². The summed E-state index contributed by atoms with van der Waals surface area (Å²) in [6.07, 6.45) is -7.42. The zero-order valence-corrected chi connectivity index (χ0v) is 38.8. The summed E-state index contributed by atoms with van der Waals surface area (Å²) in [6, 6.07) is -0.748. The van der Waals surface area contributed by atoms with Crippen molar-refractivity contribution in [2.45, 2.75) is 205 Å². The molecule has 0 aliphatic carbocycles. The molecule has 3 saturated heterocycles. The molecule has 0 saturated carbocycles. The maximum atomic E-state index is 14.5. The lowest BCUT2D eigenvalue weighted by Crippen LogP contribution is -2.61. The molecule has 0 unspecified atom stereocenters. The number of rotatable bonds is 13. The number of hydrogen-bond donors (Lipinski definition) is 5. The minimum atomic E-state index is -1.81. The highest BCUT2D eigenvalue weighted by molar-refractivity contribution is 5.73. The third-order valence-corrected chi connectivity index (χ3v) is 13.1. The van der Waals surface area contributed by atoms with E-state index in [2.05, 4.69) is 0 Å². The van der Waals surface area contributed by atoms with Crippen LogP contribution in [0.5, 0.6) is 0 Å². The van der Waals surface area contributed by atoms with Gasteiger partial charge < -0.3 is 73.9 Å². The lowest BCUT2D eigenvalue weighted by atomic mass is 9.77. The van der Waals surface area contributed by atoms with Gasteiger partial charge in [0.2, 0.25) is 0 Å². The molecule has 3 aliphatic heterocycles. The highest BCUT2D eigenvalue weighted by Gasteiger charge is 2.53. The molecule has 59 heavy (non-hydrogen) atoms. The Labute approximate surface area is 354 Å². The number of methoxy groups -OCH3 is 1. The Morgan fingerprint density at radius 3 is 2.20 bits per heavy atom. The second kappa shape index (κ2) is 22.0. The zero-order valence-electron chi connectivity index (χ0n) is 38.8. The van der Waals surface area contributed by atoms with E-state index in [4.69, 9.17) is 43.6 Å². The Balaban J connectivity index is 2.21. The number of cyclic esters (lactones) is 1. The van der Waals surface area contributed by atoms with E-state index in [1.54, 1.807) is 27.9 Å². The maximum Gasteiger partial charge on any atom is 0.311 e. The summed E-state index contributed by atoms with van der Waals surface area (Å²) in [5.74, 6) is -2.57. The van der Waals surface area contributed by atoms with Gasteiger partial charge >= 0.3 is 5.97 Å². The van der Waals surface area contributed by atoms with E-state index in [9.17, 15) is 25.2 Å². The van der Waals surface area contributed by atoms with Crippen LogP contribution in [0.3, 0.4) is 0 Å². The predicted octanol–water partition coefficient (Wildman–Crippen LogP) is 2.64. The standard InChI is InChI=1S/C43H83N3O13/c1-16-32-43(11,51)36(48)28(6)46(14)23-24(2)21-41(9,50)37(59-40-35(56-30(8)47)31(45(12)13)20-25(3)54-40)26(4)34(27(5)39(49)57-32)58-33-22-42(10,52-15)38(29(7)55-33)53-19-17-18-44/h24-38,40,47-48,50-51H,16-23,44H2,1-15H3/t24-,25-,26+,27-,28-,29+,30+,31+,32-,33+,34+,35-,36-,37-,38+,40+,41-,42-,43-/m1/s1. The molecular formula is C43H83N3O13. The summed E-state index contributed by atoms with van der Waals surface area (Å²) in [6.45, 7) is 21.0. The lowest BCUT2D eigenvalue weighted by Gasteiger charge is -2.50. The van der Waals surface area contributed by atoms with Gasteiger partial charge in [0.05, 0.1) is 41.5 Å². The van der Waals surface area contributed by atoms with Crippen molar-refractivity contribution >= 4 is 5.97 Å². The van der Waals surface area contributed by atoms with Crippen molar-refractivity contribution in [2.75, 3.05) is 47.9 Å². The van der Waals surface area contributed by atoms with Gasteiger partial charge in [0.1, 0.15) is 30.0 Å². The summed E-state index contributed by atoms with van der Waals surface area (Å²) in [5, 5.41) is 46.8. The van der Waals surface area contributed by atoms with Crippen LogP contribution in [0.25, 0.3) is 0 Å². The van der Waals surface area contributed by atoms with E-state index in [0.29, 0.717) is 32.5 Å². The van der Waals surface area contributed by atoms with Crippen LogP contribution in [0.2, 0.25) is 0 Å². The summed E-state index contributed by atoms with van der Waals surface area (Å²) in [5.41, 5.74) is 1.53. The molecule has 16 heteroatoms. The fourth-order valence-corrected chi connectivity index (χ4v) is 9.69. The highest BCUT2D eigenvalue weighted by atomic mass is 16.7. The maximum absolute atomic E-state index is 14.5. The van der Waals surface area contributed by atoms with Gasteiger partial charge in [-0.05, 0) is 115 Å². The molecule has 3 rings (SSSR count). The van der Waals surface area contributed by atoms with Gasteiger partial charge in [-0.15, -0.1) is 0 Å². The second-order valence-corrected chi connectivity index (χ2v) is 18.9. The smallest absolute Gasteiger partial charge is 0.311 e. The Hall–Kier alpha value is -1.09. The quantitative estimate of drug-likeness (QED) is 0.103. The fourth-order valence-electron chi connectivity index (χ4n) is 9.69. The van der Waals surface area contributed by atoms with Crippen LogP contribution in [-0.4, -0.2) is 181 Å². The number of nitrogens with two attached hydrogens (primary N) is 1. The zero-order chi connectivity index (χ0) is 44.8. The second-order valence-electron chi connectivity index (χ2n) is 18.9. The Morgan fingerprint density at radius 1 is 1.00 bits per heavy atom. The highest BCUT2D eigenvalue weighted by Crippen LogP contribution is 2.41. The van der Waals surface area contributed by atoms with Gasteiger partial charge in [-0.25, -0.2) is 0 Å². The van der Waals surface area contributed by atoms with Crippen molar-refractivity contribution in [1.29, 1.82) is 0 Å². The van der Waals surface area contributed by atoms with Crippen molar-refractivity contribution < 1.29 is 63.1 Å². The first-order chi connectivity index (χ1) is 27.3. The molecule has 3 heterocycles. The first-order valence-electron chi connectivity index (χ1n) is 21.9. The minimum absolute atomic E-state index is 0.152. The molecule has 19 atom stereocenters. The van der Waals surface area contributed by atoms with Crippen LogP contribution in [0.4, 0.5) is 0 Å². The summed E-state index contributed by atoms with van der Waals surface area (Å²) < 4.78 is 51.4. The first kappa shape index (κ1) is 52.3. The third-order valence-electron chi connectivity index (χ3n) is 13.1. The average Bonchev–Trinajstić information content (AvgIpc) is 3.14. The number of carbonyl (C=O) groups is 1. The average molecular weight is 850 g/mol. The molecule has 0 aromatic heterocycles. The molecule has 0 bridgehead atoms. The molecule has 6 N–H and O–H groups in total. The molecule has 0 spiro atoms. The lowest BCUT2D eigenvalue weighted by molar-refractivity contribution is -0.331. The monoisotopic (exact) mass is 850 g/mol. The summed E-state index contributed by atoms with van der Waals surface area (Å²) in [7, 11) is 7.33. The first-order valence-corrected chi connectivity index (χ1v) is 21.9. The van der Waals surface area contributed by atoms with Crippen molar-refractivity contribution in [3.8, 4) is 0 Å². The van der Waals surface area contributed by atoms with E-state index in [-0.39, 0.29) is 37.3 Å². The number of aliphatic hydroxyl groups is 4. The van der Waals surface area contributed by atoms with E-state index in [0.717, 1.165) is 0 Å².